The van der Waals surface area contributed by atoms with Crippen molar-refractivity contribution in [1.29, 1.82) is 0 Å². The molecule has 1 atom stereocenters. The van der Waals surface area contributed by atoms with E-state index in [4.69, 9.17) is 12.2 Å². The third-order valence-electron chi connectivity index (χ3n) is 1.62. The van der Waals surface area contributed by atoms with Crippen molar-refractivity contribution in [2.24, 2.45) is 5.73 Å². The number of carbonyl (C=O) groups excluding carboxylic acids is 1. The van der Waals surface area contributed by atoms with Crippen LogP contribution in [0.2, 0.25) is 0 Å². The molecule has 54 valence electrons. The molecule has 10 heavy (non-hydrogen) atoms. The van der Waals surface area contributed by atoms with E-state index in [-0.39, 0.29) is 11.9 Å². The highest BCUT2D eigenvalue weighted by Crippen LogP contribution is 2.07. The minimum atomic E-state index is -0.312. The summed E-state index contributed by atoms with van der Waals surface area (Å²) in [6, 6.07) is -0.312. The van der Waals surface area contributed by atoms with Gasteiger partial charge in [-0.05, 0) is 6.42 Å². The van der Waals surface area contributed by atoms with Crippen LogP contribution in [-0.4, -0.2) is 29.9 Å². The fourth-order valence-electron chi connectivity index (χ4n) is 1.03. The fourth-order valence-corrected chi connectivity index (χ4v) is 1.03. The Morgan fingerprint density at radius 3 is 3.00 bits per heavy atom. The SMILES string of the molecule is C#CCN1CC[C@H](N)C1=O. The number of rotatable bonds is 1. The lowest BCUT2D eigenvalue weighted by atomic mass is 10.3. The van der Waals surface area contributed by atoms with Crippen LogP contribution in [0.15, 0.2) is 0 Å². The zero-order valence-corrected chi connectivity index (χ0v) is 5.71. The number of likely N-dealkylation sites (tertiary alicyclic amines) is 1. The van der Waals surface area contributed by atoms with Crippen LogP contribution in [0.1, 0.15) is 6.42 Å². The van der Waals surface area contributed by atoms with E-state index in [0.29, 0.717) is 13.1 Å². The molecule has 1 saturated heterocycles. The maximum atomic E-state index is 11.0. The van der Waals surface area contributed by atoms with Gasteiger partial charge in [-0.3, -0.25) is 4.79 Å². The number of terminal acetylenes is 1. The Morgan fingerprint density at radius 1 is 1.90 bits per heavy atom. The summed E-state index contributed by atoms with van der Waals surface area (Å²) in [5.41, 5.74) is 5.44. The van der Waals surface area contributed by atoms with Gasteiger partial charge >= 0.3 is 0 Å². The average molecular weight is 138 g/mol. The van der Waals surface area contributed by atoms with Crippen molar-refractivity contribution in [3.05, 3.63) is 0 Å². The van der Waals surface area contributed by atoms with Gasteiger partial charge in [0.15, 0.2) is 0 Å². The predicted octanol–water partition coefficient (Wildman–Crippen LogP) is -0.821. The topological polar surface area (TPSA) is 46.3 Å². The maximum Gasteiger partial charge on any atom is 0.240 e. The molecule has 1 rings (SSSR count). The standard InChI is InChI=1S/C7H10N2O/c1-2-4-9-5-3-6(8)7(9)10/h1,6H,3-5,8H2/t6-/m0/s1. The van der Waals surface area contributed by atoms with E-state index in [9.17, 15) is 4.79 Å². The molecule has 2 N–H and O–H groups in total. The quantitative estimate of drug-likeness (QED) is 0.481. The summed E-state index contributed by atoms with van der Waals surface area (Å²) < 4.78 is 0. The lowest BCUT2D eigenvalue weighted by Gasteiger charge is -2.10. The first-order valence-electron chi connectivity index (χ1n) is 3.23. The molecule has 1 aliphatic rings. The Hall–Kier alpha value is -1.01. The second-order valence-electron chi connectivity index (χ2n) is 2.36. The summed E-state index contributed by atoms with van der Waals surface area (Å²) in [6.45, 7) is 1.11. The van der Waals surface area contributed by atoms with Crippen LogP contribution in [0.4, 0.5) is 0 Å². The van der Waals surface area contributed by atoms with Crippen LogP contribution in [0.25, 0.3) is 0 Å². The highest BCUT2D eigenvalue weighted by Gasteiger charge is 2.27. The normalized spacial score (nSPS) is 25.0. The van der Waals surface area contributed by atoms with Crippen molar-refractivity contribution in [3.63, 3.8) is 0 Å². The number of amides is 1. The number of nitrogens with two attached hydrogens (primary N) is 1. The Morgan fingerprint density at radius 2 is 2.60 bits per heavy atom. The summed E-state index contributed by atoms with van der Waals surface area (Å²) in [6.07, 6.45) is 5.77. The Bertz CT molecular complexity index is 183. The second kappa shape index (κ2) is 2.72. The molecule has 0 spiro atoms. The minimum absolute atomic E-state index is 0.0158. The molecule has 0 aromatic rings. The molecule has 0 bridgehead atoms. The molecule has 0 aromatic carbocycles. The Balaban J connectivity index is 2.51. The maximum absolute atomic E-state index is 11.0. The van der Waals surface area contributed by atoms with E-state index in [0.717, 1.165) is 6.42 Å². The first-order valence-corrected chi connectivity index (χ1v) is 3.23. The zero-order chi connectivity index (χ0) is 7.56. The number of hydrogen-bond acceptors (Lipinski definition) is 2. The molecular formula is C7H10N2O. The van der Waals surface area contributed by atoms with Crippen LogP contribution < -0.4 is 5.73 Å². The third-order valence-corrected chi connectivity index (χ3v) is 1.62. The number of carbonyl (C=O) groups is 1. The lowest BCUT2D eigenvalue weighted by molar-refractivity contribution is -0.128. The van der Waals surface area contributed by atoms with Crippen molar-refractivity contribution in [1.82, 2.24) is 4.90 Å². The molecule has 1 fully saturated rings. The van der Waals surface area contributed by atoms with Crippen molar-refractivity contribution < 1.29 is 4.79 Å². The van der Waals surface area contributed by atoms with Crippen LogP contribution in [0.3, 0.4) is 0 Å². The van der Waals surface area contributed by atoms with Gasteiger partial charge in [0.25, 0.3) is 0 Å². The smallest absolute Gasteiger partial charge is 0.240 e. The number of nitrogens with zero attached hydrogens (tertiary/aromatic N) is 1. The van der Waals surface area contributed by atoms with Crippen molar-refractivity contribution in [3.8, 4) is 12.3 Å². The molecule has 0 saturated carbocycles. The van der Waals surface area contributed by atoms with Crippen molar-refractivity contribution >= 4 is 5.91 Å². The van der Waals surface area contributed by atoms with E-state index in [1.807, 2.05) is 0 Å². The van der Waals surface area contributed by atoms with E-state index < -0.39 is 0 Å². The Labute approximate surface area is 60.2 Å². The first-order chi connectivity index (χ1) is 4.75. The highest BCUT2D eigenvalue weighted by molar-refractivity contribution is 5.83. The van der Waals surface area contributed by atoms with Crippen molar-refractivity contribution in [2.75, 3.05) is 13.1 Å². The zero-order valence-electron chi connectivity index (χ0n) is 5.71. The molecule has 0 unspecified atom stereocenters. The van der Waals surface area contributed by atoms with Gasteiger partial charge in [-0.15, -0.1) is 6.42 Å². The number of hydrogen-bond donors (Lipinski definition) is 1. The largest absolute Gasteiger partial charge is 0.330 e. The molecule has 1 heterocycles. The van der Waals surface area contributed by atoms with Crippen LogP contribution in [0, 0.1) is 12.3 Å². The highest BCUT2D eigenvalue weighted by atomic mass is 16.2. The van der Waals surface area contributed by atoms with Gasteiger partial charge in [0, 0.05) is 6.54 Å². The fraction of sp³-hybridized carbons (Fsp3) is 0.571. The van der Waals surface area contributed by atoms with Gasteiger partial charge in [0.2, 0.25) is 5.91 Å². The summed E-state index contributed by atoms with van der Waals surface area (Å²) in [4.78, 5) is 12.6. The molecule has 1 aliphatic heterocycles. The van der Waals surface area contributed by atoms with E-state index in [1.165, 1.54) is 0 Å². The van der Waals surface area contributed by atoms with Gasteiger partial charge in [-0.2, -0.15) is 0 Å². The average Bonchev–Trinajstić information content (AvgIpc) is 2.20. The van der Waals surface area contributed by atoms with Gasteiger partial charge in [0.1, 0.15) is 0 Å². The van der Waals surface area contributed by atoms with Crippen LogP contribution in [-0.2, 0) is 4.79 Å². The van der Waals surface area contributed by atoms with Crippen LogP contribution >= 0.6 is 0 Å². The summed E-state index contributed by atoms with van der Waals surface area (Å²) in [5, 5.41) is 0. The van der Waals surface area contributed by atoms with Gasteiger partial charge < -0.3 is 10.6 Å². The predicted molar refractivity (Wildman–Crippen MR) is 38.0 cm³/mol. The molecular weight excluding hydrogens is 128 g/mol. The lowest BCUT2D eigenvalue weighted by Crippen LogP contribution is -2.34. The molecule has 1 amide bonds. The van der Waals surface area contributed by atoms with Crippen molar-refractivity contribution in [2.45, 2.75) is 12.5 Å². The summed E-state index contributed by atoms with van der Waals surface area (Å²) in [7, 11) is 0. The monoisotopic (exact) mass is 138 g/mol. The van der Waals surface area contributed by atoms with E-state index in [2.05, 4.69) is 5.92 Å². The molecule has 0 aliphatic carbocycles. The summed E-state index contributed by atoms with van der Waals surface area (Å²) in [5.74, 6) is 2.39. The second-order valence-corrected chi connectivity index (χ2v) is 2.36. The minimum Gasteiger partial charge on any atom is -0.330 e. The van der Waals surface area contributed by atoms with E-state index >= 15 is 0 Å². The van der Waals surface area contributed by atoms with Gasteiger partial charge in [-0.25, -0.2) is 0 Å². The molecule has 3 heteroatoms. The third kappa shape index (κ3) is 1.12. The molecule has 0 aromatic heterocycles. The van der Waals surface area contributed by atoms with E-state index in [1.54, 1.807) is 4.90 Å². The summed E-state index contributed by atoms with van der Waals surface area (Å²) >= 11 is 0. The van der Waals surface area contributed by atoms with Crippen LogP contribution in [0.5, 0.6) is 0 Å². The Kier molecular flexibility index (Phi) is 1.93. The van der Waals surface area contributed by atoms with Gasteiger partial charge in [-0.1, -0.05) is 5.92 Å². The molecule has 3 nitrogen and oxygen atoms in total. The molecule has 0 radical (unpaired) electrons. The first kappa shape index (κ1) is 7.10. The van der Waals surface area contributed by atoms with Gasteiger partial charge in [0.05, 0.1) is 12.6 Å².